The molecule has 176 valence electrons. The van der Waals surface area contributed by atoms with Gasteiger partial charge in [-0.2, -0.15) is 4.99 Å². The number of hydrogen-bond donors (Lipinski definition) is 0. The maximum Gasteiger partial charge on any atom is 0.343 e. The molecule has 2 aliphatic rings. The van der Waals surface area contributed by atoms with Crippen LogP contribution in [0.15, 0.2) is 88.8 Å². The molecule has 8 heteroatoms. The number of hydrogen-bond acceptors (Lipinski definition) is 6. The average molecular weight is 504 g/mol. The first kappa shape index (κ1) is 23.2. The largest absolute Gasteiger partial charge is 0.423 e. The van der Waals surface area contributed by atoms with Gasteiger partial charge < -0.3 is 14.5 Å². The Kier molecular flexibility index (Phi) is 6.88. The van der Waals surface area contributed by atoms with Gasteiger partial charge in [0.1, 0.15) is 5.75 Å². The zero-order valence-electron chi connectivity index (χ0n) is 18.8. The first-order chi connectivity index (χ1) is 17.0. The lowest BCUT2D eigenvalue weighted by molar-refractivity contribution is -0.113. The van der Waals surface area contributed by atoms with Gasteiger partial charge in [-0.1, -0.05) is 41.9 Å². The molecular formula is C27H22ClN3O3S. The summed E-state index contributed by atoms with van der Waals surface area (Å²) in [6, 6.07) is 23.8. The van der Waals surface area contributed by atoms with E-state index in [0.29, 0.717) is 16.2 Å². The number of anilines is 1. The standard InChI is InChI=1S/C27H22ClN3O3S/c28-21-8-10-22(11-9-21)30-14-16-31(17-15-30)27-29-25(32)24(35-27)18-19-6-12-23(13-7-19)34-26(33)20-4-2-1-3-5-20/h1-13,18H,14-17H2. The number of halogens is 1. The molecule has 0 bridgehead atoms. The van der Waals surface area contributed by atoms with E-state index in [1.807, 2.05) is 48.5 Å². The maximum absolute atomic E-state index is 12.5. The van der Waals surface area contributed by atoms with Crippen LogP contribution >= 0.6 is 23.4 Å². The smallest absolute Gasteiger partial charge is 0.343 e. The molecule has 1 amide bonds. The van der Waals surface area contributed by atoms with E-state index in [0.717, 1.165) is 47.6 Å². The molecule has 0 atom stereocenters. The van der Waals surface area contributed by atoms with Crippen molar-refractivity contribution >= 4 is 52.2 Å². The van der Waals surface area contributed by atoms with Crippen molar-refractivity contribution < 1.29 is 14.3 Å². The fraction of sp³-hybridized carbons (Fsp3) is 0.148. The quantitative estimate of drug-likeness (QED) is 0.271. The fourth-order valence-electron chi connectivity index (χ4n) is 3.86. The number of carbonyl (C=O) groups excluding carboxylic acids is 2. The first-order valence-electron chi connectivity index (χ1n) is 11.2. The number of nitrogens with zero attached hydrogens (tertiary/aromatic N) is 3. The number of carbonyl (C=O) groups is 2. The monoisotopic (exact) mass is 503 g/mol. The molecule has 1 saturated heterocycles. The third-order valence-electron chi connectivity index (χ3n) is 5.75. The molecule has 3 aromatic rings. The molecule has 0 aliphatic carbocycles. The van der Waals surface area contributed by atoms with Crippen LogP contribution in [-0.4, -0.2) is 48.1 Å². The van der Waals surface area contributed by atoms with Crippen LogP contribution in [0.25, 0.3) is 6.08 Å². The average Bonchev–Trinajstić information content (AvgIpc) is 3.26. The Morgan fingerprint density at radius 1 is 0.886 bits per heavy atom. The summed E-state index contributed by atoms with van der Waals surface area (Å²) in [4.78, 5) is 34.1. The van der Waals surface area contributed by atoms with Gasteiger partial charge in [-0.3, -0.25) is 4.79 Å². The summed E-state index contributed by atoms with van der Waals surface area (Å²) < 4.78 is 5.42. The van der Waals surface area contributed by atoms with E-state index in [-0.39, 0.29) is 5.91 Å². The Bertz CT molecular complexity index is 1280. The van der Waals surface area contributed by atoms with E-state index >= 15 is 0 Å². The van der Waals surface area contributed by atoms with E-state index < -0.39 is 5.97 Å². The summed E-state index contributed by atoms with van der Waals surface area (Å²) >= 11 is 7.39. The normalized spacial score (nSPS) is 17.0. The van der Waals surface area contributed by atoms with Crippen LogP contribution in [0.1, 0.15) is 15.9 Å². The van der Waals surface area contributed by atoms with E-state index in [1.165, 1.54) is 11.8 Å². The molecule has 0 spiro atoms. The Hall–Kier alpha value is -3.55. The lowest BCUT2D eigenvalue weighted by Crippen LogP contribution is -2.47. The van der Waals surface area contributed by atoms with E-state index in [4.69, 9.17) is 16.3 Å². The number of benzene rings is 3. The number of piperazine rings is 1. The molecule has 3 aromatic carbocycles. The topological polar surface area (TPSA) is 62.2 Å². The second-order valence-electron chi connectivity index (χ2n) is 8.09. The van der Waals surface area contributed by atoms with Gasteiger partial charge in [0.2, 0.25) is 0 Å². The molecular weight excluding hydrogens is 482 g/mol. The number of ether oxygens (including phenoxy) is 1. The van der Waals surface area contributed by atoms with Crippen molar-refractivity contribution in [2.45, 2.75) is 0 Å². The molecule has 1 fully saturated rings. The molecule has 5 rings (SSSR count). The van der Waals surface area contributed by atoms with Gasteiger partial charge in [0.15, 0.2) is 5.17 Å². The Morgan fingerprint density at radius 2 is 1.54 bits per heavy atom. The number of amidine groups is 1. The summed E-state index contributed by atoms with van der Waals surface area (Å²) in [5.74, 6) is -0.195. The van der Waals surface area contributed by atoms with Crippen LogP contribution in [0.5, 0.6) is 5.75 Å². The molecule has 6 nitrogen and oxygen atoms in total. The zero-order valence-corrected chi connectivity index (χ0v) is 20.3. The Morgan fingerprint density at radius 3 is 2.23 bits per heavy atom. The summed E-state index contributed by atoms with van der Waals surface area (Å²) in [5, 5.41) is 1.47. The molecule has 2 aliphatic heterocycles. The second kappa shape index (κ2) is 10.4. The van der Waals surface area contributed by atoms with Crippen LogP contribution in [0.2, 0.25) is 5.02 Å². The van der Waals surface area contributed by atoms with Gasteiger partial charge in [-0.15, -0.1) is 0 Å². The molecule has 0 radical (unpaired) electrons. The van der Waals surface area contributed by atoms with Crippen molar-refractivity contribution in [1.29, 1.82) is 0 Å². The van der Waals surface area contributed by atoms with Crippen LogP contribution in [0.3, 0.4) is 0 Å². The number of amides is 1. The van der Waals surface area contributed by atoms with Gasteiger partial charge in [-0.25, -0.2) is 4.79 Å². The van der Waals surface area contributed by atoms with E-state index in [9.17, 15) is 9.59 Å². The Balaban J connectivity index is 1.17. The highest BCUT2D eigenvalue weighted by Crippen LogP contribution is 2.31. The minimum atomic E-state index is -0.410. The molecule has 0 unspecified atom stereocenters. The van der Waals surface area contributed by atoms with Crippen molar-refractivity contribution in [3.05, 3.63) is 99.9 Å². The summed E-state index contributed by atoms with van der Waals surface area (Å²) in [6.07, 6.45) is 1.82. The van der Waals surface area contributed by atoms with Gasteiger partial charge in [0, 0.05) is 36.9 Å². The molecule has 0 aromatic heterocycles. The summed E-state index contributed by atoms with van der Waals surface area (Å²) in [7, 11) is 0. The van der Waals surface area contributed by atoms with Gasteiger partial charge in [-0.05, 0) is 71.9 Å². The zero-order chi connectivity index (χ0) is 24.2. The van der Waals surface area contributed by atoms with Crippen molar-refractivity contribution in [3.63, 3.8) is 0 Å². The van der Waals surface area contributed by atoms with Crippen molar-refractivity contribution in [2.24, 2.45) is 4.99 Å². The summed E-state index contributed by atoms with van der Waals surface area (Å²) in [6.45, 7) is 3.27. The second-order valence-corrected chi connectivity index (χ2v) is 9.53. The van der Waals surface area contributed by atoms with Crippen LogP contribution in [0, 0.1) is 0 Å². The van der Waals surface area contributed by atoms with Gasteiger partial charge in [0.25, 0.3) is 5.91 Å². The highest BCUT2D eigenvalue weighted by molar-refractivity contribution is 8.18. The highest BCUT2D eigenvalue weighted by atomic mass is 35.5. The third kappa shape index (κ3) is 5.58. The Labute approximate surface area is 212 Å². The lowest BCUT2D eigenvalue weighted by atomic mass is 10.2. The molecule has 0 saturated carbocycles. The highest BCUT2D eigenvalue weighted by Gasteiger charge is 2.28. The number of rotatable bonds is 4. The van der Waals surface area contributed by atoms with Crippen molar-refractivity contribution in [3.8, 4) is 5.75 Å². The van der Waals surface area contributed by atoms with Gasteiger partial charge >= 0.3 is 5.97 Å². The number of aliphatic imine (C=N–C) groups is 1. The number of thioether (sulfide) groups is 1. The van der Waals surface area contributed by atoms with Crippen LogP contribution in [0.4, 0.5) is 5.69 Å². The minimum absolute atomic E-state index is 0.232. The molecule has 35 heavy (non-hydrogen) atoms. The lowest BCUT2D eigenvalue weighted by Gasteiger charge is -2.36. The SMILES string of the molecule is O=C1N=C(N2CCN(c3ccc(Cl)cc3)CC2)SC1=Cc1ccc(OC(=O)c2ccccc2)cc1. The predicted octanol–water partition coefficient (Wildman–Crippen LogP) is 5.35. The third-order valence-corrected chi connectivity index (χ3v) is 7.05. The molecule has 0 N–H and O–H groups in total. The fourth-order valence-corrected chi connectivity index (χ4v) is 4.96. The first-order valence-corrected chi connectivity index (χ1v) is 12.4. The predicted molar refractivity (Wildman–Crippen MR) is 141 cm³/mol. The molecule has 2 heterocycles. The van der Waals surface area contributed by atoms with Crippen LogP contribution in [-0.2, 0) is 4.79 Å². The maximum atomic E-state index is 12.5. The van der Waals surface area contributed by atoms with Crippen molar-refractivity contribution in [2.75, 3.05) is 31.1 Å². The summed E-state index contributed by atoms with van der Waals surface area (Å²) in [5.41, 5.74) is 2.47. The van der Waals surface area contributed by atoms with Crippen molar-refractivity contribution in [1.82, 2.24) is 4.90 Å². The minimum Gasteiger partial charge on any atom is -0.423 e. The van der Waals surface area contributed by atoms with E-state index in [2.05, 4.69) is 14.8 Å². The number of esters is 1. The van der Waals surface area contributed by atoms with Crippen LogP contribution < -0.4 is 9.64 Å². The van der Waals surface area contributed by atoms with E-state index in [1.54, 1.807) is 36.4 Å². The van der Waals surface area contributed by atoms with Gasteiger partial charge in [0.05, 0.1) is 10.5 Å².